The normalized spacial score (nSPS) is 12.5. The zero-order valence-corrected chi connectivity index (χ0v) is 20.4. The molecule has 1 heterocycles. The monoisotopic (exact) mass is 486 g/mol. The summed E-state index contributed by atoms with van der Waals surface area (Å²) in [6.07, 6.45) is 2.76. The highest BCUT2D eigenvalue weighted by molar-refractivity contribution is 6.04. The molecular weight excluding hydrogens is 456 g/mol. The van der Waals surface area contributed by atoms with Crippen LogP contribution in [0.4, 0.5) is 5.69 Å². The van der Waals surface area contributed by atoms with Gasteiger partial charge in [0.05, 0.1) is 5.69 Å². The summed E-state index contributed by atoms with van der Waals surface area (Å²) in [5.74, 6) is 0.220. The molecule has 1 aliphatic rings. The molecule has 36 heavy (non-hydrogen) atoms. The van der Waals surface area contributed by atoms with Crippen LogP contribution >= 0.6 is 0 Å². The molecule has 0 saturated carbocycles. The molecule has 3 aromatic rings. The number of ketones is 1. The Morgan fingerprint density at radius 3 is 2.47 bits per heavy atom. The van der Waals surface area contributed by atoms with Gasteiger partial charge in [0.1, 0.15) is 18.0 Å². The molecule has 1 N–H and O–H groups in total. The molecule has 0 radical (unpaired) electrons. The number of fused-ring (bicyclic) bond motifs is 1. The summed E-state index contributed by atoms with van der Waals surface area (Å²) in [7, 11) is 0. The first-order valence-corrected chi connectivity index (χ1v) is 12.2. The number of benzene rings is 3. The van der Waals surface area contributed by atoms with Gasteiger partial charge in [-0.05, 0) is 54.3 Å². The Labute approximate surface area is 211 Å². The van der Waals surface area contributed by atoms with Crippen LogP contribution in [0.5, 0.6) is 11.5 Å². The third-order valence-corrected chi connectivity index (χ3v) is 5.94. The number of hydrogen-bond donors (Lipinski definition) is 1. The number of Topliss-reactive ketones (excluding diaryl/α,β-unsaturated/α-hetero) is 1. The Morgan fingerprint density at radius 1 is 0.972 bits per heavy atom. The van der Waals surface area contributed by atoms with Crippen molar-refractivity contribution in [2.75, 3.05) is 31.2 Å². The van der Waals surface area contributed by atoms with Crippen molar-refractivity contribution in [3.8, 4) is 11.5 Å². The molecule has 7 heteroatoms. The fourth-order valence-corrected chi connectivity index (χ4v) is 4.01. The molecule has 0 bridgehead atoms. The summed E-state index contributed by atoms with van der Waals surface area (Å²) >= 11 is 0. The van der Waals surface area contributed by atoms with Crippen LogP contribution in [0.2, 0.25) is 0 Å². The van der Waals surface area contributed by atoms with Gasteiger partial charge in [-0.15, -0.1) is 0 Å². The van der Waals surface area contributed by atoms with Crippen molar-refractivity contribution in [3.63, 3.8) is 0 Å². The van der Waals surface area contributed by atoms with Crippen LogP contribution in [0, 0.1) is 0 Å². The molecule has 1 aliphatic heterocycles. The number of nitrogens with zero attached hydrogens (tertiary/aromatic N) is 1. The maximum absolute atomic E-state index is 12.8. The molecule has 0 saturated heterocycles. The SMILES string of the molecule is CCCc1ccc(OCC(=O)c2ccc3c(c2)N(CC(=O)NCCc2ccccc2)C(=O)CO3)cc1. The van der Waals surface area contributed by atoms with E-state index in [4.69, 9.17) is 9.47 Å². The summed E-state index contributed by atoms with van der Waals surface area (Å²) in [5.41, 5.74) is 3.12. The van der Waals surface area contributed by atoms with Gasteiger partial charge in [0.25, 0.3) is 5.91 Å². The summed E-state index contributed by atoms with van der Waals surface area (Å²) in [6.45, 7) is 2.14. The van der Waals surface area contributed by atoms with E-state index in [1.807, 2.05) is 54.6 Å². The number of rotatable bonds is 11. The second kappa shape index (κ2) is 12.0. The van der Waals surface area contributed by atoms with E-state index in [9.17, 15) is 14.4 Å². The first-order chi connectivity index (χ1) is 17.5. The van der Waals surface area contributed by atoms with Gasteiger partial charge in [0.15, 0.2) is 19.0 Å². The van der Waals surface area contributed by atoms with Crippen molar-refractivity contribution in [1.29, 1.82) is 0 Å². The minimum Gasteiger partial charge on any atom is -0.485 e. The molecule has 0 fully saturated rings. The summed E-state index contributed by atoms with van der Waals surface area (Å²) in [6, 6.07) is 22.4. The number of anilines is 1. The van der Waals surface area contributed by atoms with Crippen LogP contribution < -0.4 is 19.7 Å². The van der Waals surface area contributed by atoms with E-state index in [0.29, 0.717) is 35.7 Å². The first-order valence-electron chi connectivity index (χ1n) is 12.2. The number of carbonyl (C=O) groups excluding carboxylic acids is 3. The Balaban J connectivity index is 1.37. The Kier molecular flexibility index (Phi) is 8.34. The fraction of sp³-hybridized carbons (Fsp3) is 0.276. The summed E-state index contributed by atoms with van der Waals surface area (Å²) in [4.78, 5) is 39.3. The predicted molar refractivity (Wildman–Crippen MR) is 138 cm³/mol. The summed E-state index contributed by atoms with van der Waals surface area (Å²) < 4.78 is 11.2. The van der Waals surface area contributed by atoms with E-state index in [-0.39, 0.29) is 37.4 Å². The van der Waals surface area contributed by atoms with E-state index < -0.39 is 0 Å². The van der Waals surface area contributed by atoms with Crippen molar-refractivity contribution in [2.24, 2.45) is 0 Å². The van der Waals surface area contributed by atoms with Crippen molar-refractivity contribution in [3.05, 3.63) is 89.5 Å². The molecule has 2 amide bonds. The zero-order valence-electron chi connectivity index (χ0n) is 20.4. The summed E-state index contributed by atoms with van der Waals surface area (Å²) in [5, 5.41) is 2.86. The lowest BCUT2D eigenvalue weighted by atomic mass is 10.1. The average molecular weight is 487 g/mol. The van der Waals surface area contributed by atoms with Crippen molar-refractivity contribution < 1.29 is 23.9 Å². The Hall–Kier alpha value is -4.13. The number of amides is 2. The Bertz CT molecular complexity index is 1210. The second-order valence-corrected chi connectivity index (χ2v) is 8.64. The topological polar surface area (TPSA) is 84.9 Å². The van der Waals surface area contributed by atoms with Gasteiger partial charge >= 0.3 is 0 Å². The minimum atomic E-state index is -0.339. The highest BCUT2D eigenvalue weighted by Crippen LogP contribution is 2.33. The lowest BCUT2D eigenvalue weighted by molar-refractivity contribution is -0.125. The highest BCUT2D eigenvalue weighted by atomic mass is 16.5. The molecule has 4 rings (SSSR count). The molecule has 0 aromatic heterocycles. The molecular formula is C29H30N2O5. The van der Waals surface area contributed by atoms with Gasteiger partial charge in [0, 0.05) is 12.1 Å². The van der Waals surface area contributed by atoms with Gasteiger partial charge < -0.3 is 14.8 Å². The smallest absolute Gasteiger partial charge is 0.265 e. The highest BCUT2D eigenvalue weighted by Gasteiger charge is 2.28. The number of hydrogen-bond acceptors (Lipinski definition) is 5. The maximum atomic E-state index is 12.8. The van der Waals surface area contributed by atoms with Crippen LogP contribution in [-0.2, 0) is 22.4 Å². The molecule has 7 nitrogen and oxygen atoms in total. The van der Waals surface area contributed by atoms with Crippen LogP contribution in [-0.4, -0.2) is 43.9 Å². The second-order valence-electron chi connectivity index (χ2n) is 8.64. The zero-order chi connectivity index (χ0) is 25.3. The van der Waals surface area contributed by atoms with Gasteiger partial charge in [-0.25, -0.2) is 0 Å². The third-order valence-electron chi connectivity index (χ3n) is 5.94. The predicted octanol–water partition coefficient (Wildman–Crippen LogP) is 3.99. The number of nitrogens with one attached hydrogen (secondary N) is 1. The number of carbonyl (C=O) groups is 3. The van der Waals surface area contributed by atoms with Crippen LogP contribution in [0.3, 0.4) is 0 Å². The standard InChI is InChI=1S/C29H30N2O5/c1-2-6-21-9-12-24(13-10-21)35-19-26(32)23-11-14-27-25(17-23)31(29(34)20-36-27)18-28(33)30-16-15-22-7-4-3-5-8-22/h3-5,7-14,17H,2,6,15-16,18-20H2,1H3,(H,30,33). The van der Waals surface area contributed by atoms with Gasteiger partial charge in [-0.1, -0.05) is 55.8 Å². The molecule has 0 atom stereocenters. The van der Waals surface area contributed by atoms with Gasteiger partial charge in [-0.3, -0.25) is 19.3 Å². The Morgan fingerprint density at radius 2 is 1.72 bits per heavy atom. The molecule has 186 valence electrons. The van der Waals surface area contributed by atoms with E-state index in [2.05, 4.69) is 12.2 Å². The number of aryl methyl sites for hydroxylation is 1. The van der Waals surface area contributed by atoms with Crippen LogP contribution in [0.1, 0.15) is 34.8 Å². The quantitative estimate of drug-likeness (QED) is 0.415. The van der Waals surface area contributed by atoms with Crippen LogP contribution in [0.25, 0.3) is 0 Å². The number of ether oxygens (including phenoxy) is 2. The molecule has 0 spiro atoms. The van der Waals surface area contributed by atoms with Crippen LogP contribution in [0.15, 0.2) is 72.8 Å². The maximum Gasteiger partial charge on any atom is 0.265 e. The van der Waals surface area contributed by atoms with E-state index >= 15 is 0 Å². The molecule has 3 aromatic carbocycles. The van der Waals surface area contributed by atoms with Gasteiger partial charge in [0.2, 0.25) is 5.91 Å². The van der Waals surface area contributed by atoms with E-state index in [1.165, 1.54) is 10.5 Å². The largest absolute Gasteiger partial charge is 0.485 e. The lowest BCUT2D eigenvalue weighted by Crippen LogP contribution is -2.45. The van der Waals surface area contributed by atoms with E-state index in [1.54, 1.807) is 18.2 Å². The average Bonchev–Trinajstić information content (AvgIpc) is 2.90. The first kappa shape index (κ1) is 25.0. The third kappa shape index (κ3) is 6.50. The molecule has 0 unspecified atom stereocenters. The van der Waals surface area contributed by atoms with E-state index in [0.717, 1.165) is 18.4 Å². The molecule has 0 aliphatic carbocycles. The van der Waals surface area contributed by atoms with Crippen molar-refractivity contribution >= 4 is 23.3 Å². The fourth-order valence-electron chi connectivity index (χ4n) is 4.01. The lowest BCUT2D eigenvalue weighted by Gasteiger charge is -2.29. The van der Waals surface area contributed by atoms with Crippen molar-refractivity contribution in [2.45, 2.75) is 26.2 Å². The van der Waals surface area contributed by atoms with Crippen molar-refractivity contribution in [1.82, 2.24) is 5.32 Å². The minimum absolute atomic E-state index is 0.138. The van der Waals surface area contributed by atoms with Gasteiger partial charge in [-0.2, -0.15) is 0 Å².